The molecule has 86 valence electrons. The Morgan fingerprint density at radius 1 is 1.60 bits per heavy atom. The van der Waals surface area contributed by atoms with E-state index in [1.165, 1.54) is 11.8 Å². The number of carbonyl (C=O) groups excluding carboxylic acids is 1. The summed E-state index contributed by atoms with van der Waals surface area (Å²) in [4.78, 5) is 10.9. The molecule has 0 saturated heterocycles. The monoisotopic (exact) mass is 315 g/mol. The van der Waals surface area contributed by atoms with E-state index in [0.717, 1.165) is 22.5 Å². The predicted molar refractivity (Wildman–Crippen MR) is 60.6 cm³/mol. The molecule has 0 bridgehead atoms. The van der Waals surface area contributed by atoms with Crippen molar-refractivity contribution < 1.29 is 18.4 Å². The first-order valence-electron chi connectivity index (χ1n) is 3.70. The SMILES string of the molecule is CC=O.Cc1cc(Br)c(S(=O)(=O)NO)s1. The van der Waals surface area contributed by atoms with Crippen LogP contribution in [0.25, 0.3) is 0 Å². The van der Waals surface area contributed by atoms with Gasteiger partial charge >= 0.3 is 0 Å². The van der Waals surface area contributed by atoms with Crippen LogP contribution in [0.1, 0.15) is 11.8 Å². The highest BCUT2D eigenvalue weighted by Gasteiger charge is 2.18. The fraction of sp³-hybridized carbons (Fsp3) is 0.286. The highest BCUT2D eigenvalue weighted by molar-refractivity contribution is 9.10. The van der Waals surface area contributed by atoms with Gasteiger partial charge in [0.15, 0.2) is 4.21 Å². The normalized spacial score (nSPS) is 10.4. The molecule has 1 rings (SSSR count). The molecule has 0 aromatic carbocycles. The Morgan fingerprint density at radius 2 is 2.07 bits per heavy atom. The van der Waals surface area contributed by atoms with Crippen molar-refractivity contribution >= 4 is 43.6 Å². The van der Waals surface area contributed by atoms with Gasteiger partial charge in [-0.1, -0.05) is 4.89 Å². The van der Waals surface area contributed by atoms with Crippen LogP contribution < -0.4 is 4.89 Å². The van der Waals surface area contributed by atoms with Gasteiger partial charge in [0.05, 0.1) is 0 Å². The molecule has 0 aliphatic heterocycles. The zero-order chi connectivity index (χ0) is 12.1. The number of rotatable bonds is 2. The molecule has 1 aromatic rings. The van der Waals surface area contributed by atoms with Gasteiger partial charge in [-0.3, -0.25) is 0 Å². The first-order chi connectivity index (χ1) is 6.88. The lowest BCUT2D eigenvalue weighted by Gasteiger charge is -1.96. The summed E-state index contributed by atoms with van der Waals surface area (Å²) in [5.41, 5.74) is 0. The van der Waals surface area contributed by atoms with Crippen molar-refractivity contribution in [1.82, 2.24) is 4.89 Å². The summed E-state index contributed by atoms with van der Waals surface area (Å²) < 4.78 is 22.7. The van der Waals surface area contributed by atoms with E-state index in [2.05, 4.69) is 15.9 Å². The molecule has 0 aliphatic rings. The number of aldehydes is 1. The molecule has 1 heterocycles. The molecule has 5 nitrogen and oxygen atoms in total. The molecule has 1 aromatic heterocycles. The van der Waals surface area contributed by atoms with Crippen LogP contribution in [0.3, 0.4) is 0 Å². The number of hydrogen-bond acceptors (Lipinski definition) is 5. The summed E-state index contributed by atoms with van der Waals surface area (Å²) in [5, 5.41) is 8.33. The number of nitrogens with one attached hydrogen (secondary N) is 1. The van der Waals surface area contributed by atoms with Crippen molar-refractivity contribution in [2.75, 3.05) is 0 Å². The van der Waals surface area contributed by atoms with E-state index >= 15 is 0 Å². The molecule has 0 saturated carbocycles. The smallest absolute Gasteiger partial charge is 0.272 e. The third kappa shape index (κ3) is 4.39. The van der Waals surface area contributed by atoms with Crippen LogP contribution in [-0.4, -0.2) is 19.9 Å². The van der Waals surface area contributed by atoms with Crippen LogP contribution in [0.15, 0.2) is 14.7 Å². The maximum absolute atomic E-state index is 11.1. The second kappa shape index (κ2) is 6.33. The summed E-state index contributed by atoms with van der Waals surface area (Å²) in [6.07, 6.45) is 0.750. The summed E-state index contributed by atoms with van der Waals surface area (Å²) in [6, 6.07) is 1.68. The lowest BCUT2D eigenvalue weighted by atomic mass is 10.5. The van der Waals surface area contributed by atoms with E-state index in [-0.39, 0.29) is 4.21 Å². The molecule has 0 spiro atoms. The summed E-state index contributed by atoms with van der Waals surface area (Å²) in [6.45, 7) is 3.23. The van der Waals surface area contributed by atoms with E-state index in [1.54, 1.807) is 13.0 Å². The zero-order valence-electron chi connectivity index (χ0n) is 8.02. The molecular weight excluding hydrogens is 306 g/mol. The Morgan fingerprint density at radius 3 is 2.33 bits per heavy atom. The van der Waals surface area contributed by atoms with E-state index in [9.17, 15) is 8.42 Å². The van der Waals surface area contributed by atoms with Crippen LogP contribution in [0, 0.1) is 6.92 Å². The second-order valence-corrected chi connectivity index (χ2v) is 6.29. The molecule has 0 atom stereocenters. The van der Waals surface area contributed by atoms with Crippen molar-refractivity contribution in [3.8, 4) is 0 Å². The van der Waals surface area contributed by atoms with Crippen LogP contribution in [0.4, 0.5) is 0 Å². The Labute approximate surface area is 100 Å². The zero-order valence-corrected chi connectivity index (χ0v) is 11.2. The van der Waals surface area contributed by atoms with Gasteiger partial charge in [0, 0.05) is 9.35 Å². The molecule has 0 radical (unpaired) electrons. The van der Waals surface area contributed by atoms with Crippen LogP contribution in [0.5, 0.6) is 0 Å². The van der Waals surface area contributed by atoms with Gasteiger partial charge in [0.25, 0.3) is 10.0 Å². The standard InChI is InChI=1S/C5H6BrNO3S2.C2H4O/c1-3-2-4(6)5(11-3)12(9,10)7-8;1-2-3/h2,7-8H,1H3;2H,1H3. The highest BCUT2D eigenvalue weighted by atomic mass is 79.9. The maximum atomic E-state index is 11.1. The average Bonchev–Trinajstić information content (AvgIpc) is 2.47. The van der Waals surface area contributed by atoms with Gasteiger partial charge in [-0.15, -0.1) is 11.3 Å². The number of hydrogen-bond donors (Lipinski definition) is 2. The number of carbonyl (C=O) groups is 1. The van der Waals surface area contributed by atoms with Gasteiger partial charge in [-0.05, 0) is 35.8 Å². The minimum atomic E-state index is -3.73. The predicted octanol–water partition coefficient (Wildman–Crippen LogP) is 1.69. The van der Waals surface area contributed by atoms with Gasteiger partial charge < -0.3 is 10.0 Å². The van der Waals surface area contributed by atoms with Crippen LogP contribution in [-0.2, 0) is 14.8 Å². The maximum Gasteiger partial charge on any atom is 0.272 e. The topological polar surface area (TPSA) is 83.5 Å². The van der Waals surface area contributed by atoms with Gasteiger partial charge in [-0.2, -0.15) is 0 Å². The molecule has 15 heavy (non-hydrogen) atoms. The lowest BCUT2D eigenvalue weighted by molar-refractivity contribution is -0.106. The Balaban J connectivity index is 0.000000583. The van der Waals surface area contributed by atoms with Gasteiger partial charge in [0.2, 0.25) is 0 Å². The quantitative estimate of drug-likeness (QED) is 0.642. The van der Waals surface area contributed by atoms with Crippen molar-refractivity contribution in [3.63, 3.8) is 0 Å². The van der Waals surface area contributed by atoms with Crippen molar-refractivity contribution in [2.45, 2.75) is 18.1 Å². The molecule has 0 aliphatic carbocycles. The summed E-state index contributed by atoms with van der Waals surface area (Å²) in [5.74, 6) is 0. The molecule has 2 N–H and O–H groups in total. The number of thiophene rings is 1. The first-order valence-corrected chi connectivity index (χ1v) is 6.80. The van der Waals surface area contributed by atoms with E-state index in [0.29, 0.717) is 4.47 Å². The van der Waals surface area contributed by atoms with Crippen LogP contribution in [0.2, 0.25) is 0 Å². The first kappa shape index (κ1) is 14.7. The largest absolute Gasteiger partial charge is 0.304 e. The van der Waals surface area contributed by atoms with Crippen LogP contribution >= 0.6 is 27.3 Å². The fourth-order valence-electron chi connectivity index (χ4n) is 0.686. The average molecular weight is 316 g/mol. The Hall–Kier alpha value is -0.280. The number of halogens is 1. The third-order valence-electron chi connectivity index (χ3n) is 1.14. The van der Waals surface area contributed by atoms with Crippen molar-refractivity contribution in [3.05, 3.63) is 15.4 Å². The lowest BCUT2D eigenvalue weighted by Crippen LogP contribution is -2.18. The molecule has 8 heteroatoms. The summed E-state index contributed by atoms with van der Waals surface area (Å²) in [7, 11) is -3.73. The van der Waals surface area contributed by atoms with E-state index in [4.69, 9.17) is 10.0 Å². The molecule has 0 amide bonds. The fourth-order valence-corrected chi connectivity index (χ4v) is 4.03. The number of sulfonamides is 1. The minimum Gasteiger partial charge on any atom is -0.304 e. The molecular formula is C7H10BrNO4S2. The number of aryl methyl sites for hydroxylation is 1. The third-order valence-corrected chi connectivity index (χ3v) is 5.00. The van der Waals surface area contributed by atoms with E-state index in [1.807, 2.05) is 0 Å². The second-order valence-electron chi connectivity index (χ2n) is 2.32. The Kier molecular flexibility index (Phi) is 6.22. The Bertz CT molecular complexity index is 426. The molecule has 0 fully saturated rings. The minimum absolute atomic E-state index is 0.0856. The van der Waals surface area contributed by atoms with Gasteiger partial charge in [-0.25, -0.2) is 8.42 Å². The molecule has 0 unspecified atom stereocenters. The van der Waals surface area contributed by atoms with Crippen molar-refractivity contribution in [2.24, 2.45) is 0 Å². The van der Waals surface area contributed by atoms with Crippen molar-refractivity contribution in [1.29, 1.82) is 0 Å². The van der Waals surface area contributed by atoms with E-state index < -0.39 is 10.0 Å². The highest BCUT2D eigenvalue weighted by Crippen LogP contribution is 2.30. The summed E-state index contributed by atoms with van der Waals surface area (Å²) >= 11 is 4.16. The van der Waals surface area contributed by atoms with Gasteiger partial charge in [0.1, 0.15) is 6.29 Å².